The molecule has 3 aromatic carbocycles. The first-order chi connectivity index (χ1) is 19.8. The number of nitriles is 1. The molecular formula is C31H26ClN3O5S. The van der Waals surface area contributed by atoms with E-state index in [9.17, 15) is 19.6 Å². The van der Waals surface area contributed by atoms with Crippen molar-refractivity contribution >= 4 is 46.9 Å². The molecule has 2 N–H and O–H groups in total. The first-order valence-corrected chi connectivity index (χ1v) is 13.9. The number of thioether (sulfide) groups is 1. The lowest BCUT2D eigenvalue weighted by Crippen LogP contribution is -2.29. The Hall–Kier alpha value is -4.52. The first-order valence-electron chi connectivity index (χ1n) is 12.5. The summed E-state index contributed by atoms with van der Waals surface area (Å²) in [5.74, 6) is -2.34. The van der Waals surface area contributed by atoms with E-state index in [4.69, 9.17) is 21.1 Å². The second-order valence-corrected chi connectivity index (χ2v) is 10.4. The fourth-order valence-corrected chi connectivity index (χ4v) is 5.31. The lowest BCUT2D eigenvalue weighted by Gasteiger charge is -2.29. The number of halogens is 1. The summed E-state index contributed by atoms with van der Waals surface area (Å²) >= 11 is 7.23. The maximum Gasteiger partial charge on any atom is 0.339 e. The van der Waals surface area contributed by atoms with Crippen LogP contribution in [-0.4, -0.2) is 30.7 Å². The van der Waals surface area contributed by atoms with E-state index < -0.39 is 23.8 Å². The molecule has 0 unspecified atom stereocenters. The number of dihydropyridines is 1. The van der Waals surface area contributed by atoms with Gasteiger partial charge in [0.05, 0.1) is 52.3 Å². The second-order valence-electron chi connectivity index (χ2n) is 8.94. The summed E-state index contributed by atoms with van der Waals surface area (Å²) in [4.78, 5) is 38.3. The maximum atomic E-state index is 13.4. The molecule has 0 saturated carbocycles. The van der Waals surface area contributed by atoms with Crippen molar-refractivity contribution in [3.8, 4) is 6.07 Å². The van der Waals surface area contributed by atoms with Gasteiger partial charge in [0.15, 0.2) is 0 Å². The number of amides is 1. The number of nitrogens with zero attached hydrogens (tertiary/aromatic N) is 1. The van der Waals surface area contributed by atoms with Gasteiger partial charge in [0.1, 0.15) is 6.61 Å². The number of hydrogen-bond donors (Lipinski definition) is 2. The van der Waals surface area contributed by atoms with Gasteiger partial charge in [0, 0.05) is 10.7 Å². The van der Waals surface area contributed by atoms with Crippen molar-refractivity contribution in [2.45, 2.75) is 19.4 Å². The SMILES string of the molecule is COC(=O)c1ccccc1NC(=O)CSC1=C(C#N)[C@@H](c2ccc(Cl)cc2)C(C(=O)OCc2ccccc2)=C(C)N1. The molecule has 8 nitrogen and oxygen atoms in total. The lowest BCUT2D eigenvalue weighted by atomic mass is 9.82. The van der Waals surface area contributed by atoms with Crippen LogP contribution in [0.2, 0.25) is 5.02 Å². The topological polar surface area (TPSA) is 118 Å². The van der Waals surface area contributed by atoms with Crippen LogP contribution in [0.5, 0.6) is 0 Å². The molecule has 0 aromatic heterocycles. The average molecular weight is 588 g/mol. The van der Waals surface area contributed by atoms with Crippen LogP contribution < -0.4 is 10.6 Å². The molecule has 0 spiro atoms. The predicted octanol–water partition coefficient (Wildman–Crippen LogP) is 5.94. The van der Waals surface area contributed by atoms with Gasteiger partial charge in [-0.2, -0.15) is 5.26 Å². The van der Waals surface area contributed by atoms with E-state index in [2.05, 4.69) is 16.7 Å². The molecule has 0 aliphatic carbocycles. The minimum atomic E-state index is -0.743. The second kappa shape index (κ2) is 13.7. The highest BCUT2D eigenvalue weighted by Gasteiger charge is 2.35. The molecule has 4 rings (SSSR count). The molecule has 3 aromatic rings. The first kappa shape index (κ1) is 29.5. The highest BCUT2D eigenvalue weighted by atomic mass is 35.5. The Morgan fingerprint density at radius 1 is 1.00 bits per heavy atom. The van der Waals surface area contributed by atoms with Crippen molar-refractivity contribution in [1.29, 1.82) is 5.26 Å². The zero-order valence-electron chi connectivity index (χ0n) is 22.3. The van der Waals surface area contributed by atoms with E-state index in [1.807, 2.05) is 30.3 Å². The number of benzene rings is 3. The maximum absolute atomic E-state index is 13.4. The van der Waals surface area contributed by atoms with E-state index in [-0.39, 0.29) is 23.5 Å². The van der Waals surface area contributed by atoms with Gasteiger partial charge in [0.25, 0.3) is 0 Å². The molecule has 1 atom stereocenters. The normalized spacial score (nSPS) is 14.5. The van der Waals surface area contributed by atoms with Crippen LogP contribution in [0.15, 0.2) is 101 Å². The zero-order chi connectivity index (χ0) is 29.4. The van der Waals surface area contributed by atoms with Crippen molar-refractivity contribution in [3.63, 3.8) is 0 Å². The molecule has 41 heavy (non-hydrogen) atoms. The average Bonchev–Trinajstić information content (AvgIpc) is 2.99. The van der Waals surface area contributed by atoms with Crippen molar-refractivity contribution < 1.29 is 23.9 Å². The summed E-state index contributed by atoms with van der Waals surface area (Å²) in [5, 5.41) is 17.1. The monoisotopic (exact) mass is 587 g/mol. The van der Waals surface area contributed by atoms with E-state index in [1.165, 1.54) is 7.11 Å². The van der Waals surface area contributed by atoms with Crippen LogP contribution in [0, 0.1) is 11.3 Å². The number of esters is 2. The molecule has 0 radical (unpaired) electrons. The third-order valence-electron chi connectivity index (χ3n) is 6.24. The number of ether oxygens (including phenoxy) is 2. The number of carbonyl (C=O) groups excluding carboxylic acids is 3. The van der Waals surface area contributed by atoms with Crippen molar-refractivity contribution in [2.75, 3.05) is 18.2 Å². The Labute approximate surface area is 247 Å². The van der Waals surface area contributed by atoms with Gasteiger partial charge in [-0.15, -0.1) is 0 Å². The number of anilines is 1. The number of para-hydroxylation sites is 1. The Balaban J connectivity index is 1.58. The van der Waals surface area contributed by atoms with Crippen LogP contribution in [0.4, 0.5) is 5.69 Å². The van der Waals surface area contributed by atoms with E-state index in [0.717, 1.165) is 17.3 Å². The largest absolute Gasteiger partial charge is 0.465 e. The summed E-state index contributed by atoms with van der Waals surface area (Å²) in [5.41, 5.74) is 3.10. The smallest absolute Gasteiger partial charge is 0.339 e. The number of allylic oxidation sites excluding steroid dienone is 2. The third kappa shape index (κ3) is 7.17. The number of hydrogen-bond acceptors (Lipinski definition) is 8. The standard InChI is InChI=1S/C31H26ClN3O5S/c1-19-27(31(38)40-17-20-8-4-3-5-9-20)28(21-12-14-22(32)15-13-21)24(16-33)29(34-19)41-18-26(36)35-25-11-7-6-10-23(25)30(37)39-2/h3-15,28,34H,17-18H2,1-2H3,(H,35,36)/t28-/m1/s1. The van der Waals surface area contributed by atoms with E-state index >= 15 is 0 Å². The highest BCUT2D eigenvalue weighted by molar-refractivity contribution is 8.03. The Kier molecular flexibility index (Phi) is 9.85. The van der Waals surface area contributed by atoms with Gasteiger partial charge in [-0.1, -0.05) is 78.0 Å². The van der Waals surface area contributed by atoms with Gasteiger partial charge in [-0.3, -0.25) is 4.79 Å². The van der Waals surface area contributed by atoms with Crippen LogP contribution in [-0.2, 0) is 25.7 Å². The van der Waals surface area contributed by atoms with E-state index in [0.29, 0.717) is 32.6 Å². The quantitative estimate of drug-likeness (QED) is 0.295. The molecular weight excluding hydrogens is 562 g/mol. The summed E-state index contributed by atoms with van der Waals surface area (Å²) in [6.07, 6.45) is 0. The fourth-order valence-electron chi connectivity index (χ4n) is 4.29. The molecule has 0 bridgehead atoms. The molecule has 1 aliphatic rings. The number of rotatable bonds is 9. The van der Waals surface area contributed by atoms with Gasteiger partial charge in [0.2, 0.25) is 5.91 Å². The van der Waals surface area contributed by atoms with Gasteiger partial charge in [-0.25, -0.2) is 9.59 Å². The Morgan fingerprint density at radius 3 is 2.37 bits per heavy atom. The third-order valence-corrected chi connectivity index (χ3v) is 7.51. The minimum Gasteiger partial charge on any atom is -0.465 e. The molecule has 208 valence electrons. The molecule has 1 heterocycles. The number of methoxy groups -OCH3 is 1. The Morgan fingerprint density at radius 2 is 1.68 bits per heavy atom. The molecule has 0 saturated heterocycles. The van der Waals surface area contributed by atoms with Crippen LogP contribution in [0.1, 0.15) is 34.3 Å². The minimum absolute atomic E-state index is 0.0720. The summed E-state index contributed by atoms with van der Waals surface area (Å²) in [7, 11) is 1.26. The number of carbonyl (C=O) groups is 3. The zero-order valence-corrected chi connectivity index (χ0v) is 23.8. The molecule has 0 fully saturated rings. The molecule has 10 heteroatoms. The Bertz CT molecular complexity index is 1560. The highest BCUT2D eigenvalue weighted by Crippen LogP contribution is 2.41. The summed E-state index contributed by atoms with van der Waals surface area (Å²) in [6.45, 7) is 1.80. The predicted molar refractivity (Wildman–Crippen MR) is 158 cm³/mol. The van der Waals surface area contributed by atoms with E-state index in [1.54, 1.807) is 55.5 Å². The lowest BCUT2D eigenvalue weighted by molar-refractivity contribution is -0.140. The number of nitrogens with one attached hydrogen (secondary N) is 2. The van der Waals surface area contributed by atoms with Crippen molar-refractivity contribution in [1.82, 2.24) is 5.32 Å². The van der Waals surface area contributed by atoms with Crippen LogP contribution in [0.3, 0.4) is 0 Å². The fraction of sp³-hybridized carbons (Fsp3) is 0.161. The summed E-state index contributed by atoms with van der Waals surface area (Å²) < 4.78 is 10.4. The van der Waals surface area contributed by atoms with Crippen LogP contribution >= 0.6 is 23.4 Å². The van der Waals surface area contributed by atoms with Gasteiger partial charge >= 0.3 is 11.9 Å². The van der Waals surface area contributed by atoms with Crippen LogP contribution in [0.25, 0.3) is 0 Å². The van der Waals surface area contributed by atoms with Crippen molar-refractivity contribution in [2.24, 2.45) is 0 Å². The van der Waals surface area contributed by atoms with Gasteiger partial charge in [-0.05, 0) is 42.3 Å². The summed E-state index contributed by atoms with van der Waals surface area (Å²) in [6, 6.07) is 24.9. The van der Waals surface area contributed by atoms with Gasteiger partial charge < -0.3 is 20.1 Å². The molecule has 1 amide bonds. The molecule has 1 aliphatic heterocycles. The van der Waals surface area contributed by atoms with Crippen molar-refractivity contribution in [3.05, 3.63) is 122 Å².